The Morgan fingerprint density at radius 1 is 1.32 bits per heavy atom. The summed E-state index contributed by atoms with van der Waals surface area (Å²) in [5.41, 5.74) is 0.645. The number of rotatable bonds is 3. The lowest BCUT2D eigenvalue weighted by atomic mass is 10.0. The molecule has 1 aliphatic heterocycles. The van der Waals surface area contributed by atoms with Gasteiger partial charge in [-0.05, 0) is 12.1 Å². The maximum atomic E-state index is 13.9. The van der Waals surface area contributed by atoms with Crippen molar-refractivity contribution in [2.45, 2.75) is 6.04 Å². The van der Waals surface area contributed by atoms with Gasteiger partial charge in [-0.1, -0.05) is 23.7 Å². The highest BCUT2D eigenvalue weighted by Crippen LogP contribution is 2.26. The SMILES string of the molecule is C=C[C@H](c1ccc(Cl)cc1F)N1CCNCC1.Cl.Cl. The summed E-state index contributed by atoms with van der Waals surface area (Å²) in [6.07, 6.45) is 1.79. The van der Waals surface area contributed by atoms with Gasteiger partial charge in [0.15, 0.2) is 0 Å². The van der Waals surface area contributed by atoms with E-state index in [9.17, 15) is 4.39 Å². The zero-order valence-electron chi connectivity index (χ0n) is 10.4. The zero-order chi connectivity index (χ0) is 12.3. The van der Waals surface area contributed by atoms with Crippen LogP contribution in [0.1, 0.15) is 11.6 Å². The van der Waals surface area contributed by atoms with Gasteiger partial charge in [0.1, 0.15) is 5.82 Å². The lowest BCUT2D eigenvalue weighted by Gasteiger charge is -2.33. The average molecular weight is 328 g/mol. The molecule has 6 heteroatoms. The van der Waals surface area contributed by atoms with E-state index in [2.05, 4.69) is 16.8 Å². The topological polar surface area (TPSA) is 15.3 Å². The molecule has 19 heavy (non-hydrogen) atoms. The number of benzene rings is 1. The lowest BCUT2D eigenvalue weighted by molar-refractivity contribution is 0.200. The zero-order valence-corrected chi connectivity index (χ0v) is 12.8. The van der Waals surface area contributed by atoms with Crippen LogP contribution < -0.4 is 5.32 Å². The highest BCUT2D eigenvalue weighted by atomic mass is 35.5. The molecule has 0 aromatic heterocycles. The first-order valence-corrected chi connectivity index (χ1v) is 6.12. The van der Waals surface area contributed by atoms with Crippen molar-refractivity contribution >= 4 is 36.4 Å². The molecule has 0 radical (unpaired) electrons. The fourth-order valence-corrected chi connectivity index (χ4v) is 2.33. The average Bonchev–Trinajstić information content (AvgIpc) is 2.34. The van der Waals surface area contributed by atoms with Crippen LogP contribution in [-0.2, 0) is 0 Å². The number of halogens is 4. The number of nitrogens with zero attached hydrogens (tertiary/aromatic N) is 1. The quantitative estimate of drug-likeness (QED) is 0.855. The first-order chi connectivity index (χ1) is 8.22. The highest BCUT2D eigenvalue weighted by molar-refractivity contribution is 6.30. The Hall–Kier alpha value is -0.320. The van der Waals surface area contributed by atoms with Crippen LogP contribution >= 0.6 is 36.4 Å². The summed E-state index contributed by atoms with van der Waals surface area (Å²) in [5.74, 6) is -0.263. The van der Waals surface area contributed by atoms with E-state index in [4.69, 9.17) is 11.6 Å². The van der Waals surface area contributed by atoms with E-state index in [1.165, 1.54) is 6.07 Å². The van der Waals surface area contributed by atoms with Gasteiger partial charge in [-0.3, -0.25) is 4.90 Å². The van der Waals surface area contributed by atoms with E-state index in [0.29, 0.717) is 10.6 Å². The molecule has 0 bridgehead atoms. The van der Waals surface area contributed by atoms with E-state index >= 15 is 0 Å². The second-order valence-electron chi connectivity index (χ2n) is 4.13. The van der Waals surface area contributed by atoms with Crippen molar-refractivity contribution in [1.29, 1.82) is 0 Å². The standard InChI is InChI=1S/C13H16ClFN2.2ClH/c1-2-13(17-7-5-16-6-8-17)11-4-3-10(14)9-12(11)15;;/h2-4,9,13,16H,1,5-8H2;2*1H/t13-;;/m1../s1. The van der Waals surface area contributed by atoms with E-state index in [-0.39, 0.29) is 36.7 Å². The minimum atomic E-state index is -0.263. The second-order valence-corrected chi connectivity index (χ2v) is 4.57. The summed E-state index contributed by atoms with van der Waals surface area (Å²) in [4.78, 5) is 2.22. The van der Waals surface area contributed by atoms with Crippen LogP contribution in [0, 0.1) is 5.82 Å². The van der Waals surface area contributed by atoms with Crippen LogP contribution in [-0.4, -0.2) is 31.1 Å². The molecule has 1 saturated heterocycles. The van der Waals surface area contributed by atoms with Gasteiger partial charge in [0.05, 0.1) is 6.04 Å². The van der Waals surface area contributed by atoms with Crippen LogP contribution in [0.25, 0.3) is 0 Å². The summed E-state index contributed by atoms with van der Waals surface area (Å²) in [6.45, 7) is 7.48. The fourth-order valence-electron chi connectivity index (χ4n) is 2.17. The third-order valence-electron chi connectivity index (χ3n) is 3.05. The Bertz CT molecular complexity index is 409. The summed E-state index contributed by atoms with van der Waals surface area (Å²) >= 11 is 5.76. The minimum absolute atomic E-state index is 0. The molecule has 1 aromatic carbocycles. The molecule has 1 aromatic rings. The summed E-state index contributed by atoms with van der Waals surface area (Å²) in [5, 5.41) is 3.70. The summed E-state index contributed by atoms with van der Waals surface area (Å²) < 4.78 is 13.9. The van der Waals surface area contributed by atoms with Gasteiger partial charge in [0.25, 0.3) is 0 Å². The van der Waals surface area contributed by atoms with E-state index < -0.39 is 0 Å². The van der Waals surface area contributed by atoms with Gasteiger partial charge >= 0.3 is 0 Å². The number of nitrogens with one attached hydrogen (secondary N) is 1. The molecule has 1 atom stereocenters. The number of hydrogen-bond donors (Lipinski definition) is 1. The minimum Gasteiger partial charge on any atom is -0.314 e. The smallest absolute Gasteiger partial charge is 0.129 e. The van der Waals surface area contributed by atoms with Crippen LogP contribution in [0.2, 0.25) is 5.02 Å². The Balaban J connectivity index is 0.00000162. The van der Waals surface area contributed by atoms with E-state index in [1.807, 2.05) is 0 Å². The second kappa shape index (κ2) is 8.77. The monoisotopic (exact) mass is 326 g/mol. The number of hydrogen-bond acceptors (Lipinski definition) is 2. The van der Waals surface area contributed by atoms with Crippen LogP contribution in [0.4, 0.5) is 4.39 Å². The molecule has 2 rings (SSSR count). The highest BCUT2D eigenvalue weighted by Gasteiger charge is 2.21. The largest absolute Gasteiger partial charge is 0.314 e. The van der Waals surface area contributed by atoms with Crippen LogP contribution in [0.3, 0.4) is 0 Å². The van der Waals surface area contributed by atoms with Crippen LogP contribution in [0.5, 0.6) is 0 Å². The van der Waals surface area contributed by atoms with Crippen molar-refractivity contribution in [3.05, 3.63) is 47.3 Å². The fraction of sp³-hybridized carbons (Fsp3) is 0.385. The molecule has 1 heterocycles. The van der Waals surface area contributed by atoms with Crippen molar-refractivity contribution in [2.24, 2.45) is 0 Å². The molecule has 1 fully saturated rings. The Morgan fingerprint density at radius 2 is 1.95 bits per heavy atom. The van der Waals surface area contributed by atoms with E-state index in [0.717, 1.165) is 26.2 Å². The van der Waals surface area contributed by atoms with Crippen molar-refractivity contribution in [2.75, 3.05) is 26.2 Å². The lowest BCUT2D eigenvalue weighted by Crippen LogP contribution is -2.44. The van der Waals surface area contributed by atoms with Crippen molar-refractivity contribution in [3.63, 3.8) is 0 Å². The molecular formula is C13H18Cl3FN2. The van der Waals surface area contributed by atoms with Gasteiger partial charge < -0.3 is 5.32 Å². The molecule has 0 aliphatic carbocycles. The molecule has 0 saturated carbocycles. The summed E-state index contributed by atoms with van der Waals surface area (Å²) in [7, 11) is 0. The molecule has 1 aliphatic rings. The maximum absolute atomic E-state index is 13.9. The molecular weight excluding hydrogens is 310 g/mol. The van der Waals surface area contributed by atoms with Gasteiger partial charge in [-0.15, -0.1) is 31.4 Å². The van der Waals surface area contributed by atoms with Crippen LogP contribution in [0.15, 0.2) is 30.9 Å². The third kappa shape index (κ3) is 4.62. The Labute approximate surface area is 130 Å². The van der Waals surface area contributed by atoms with Gasteiger partial charge in [0.2, 0.25) is 0 Å². The van der Waals surface area contributed by atoms with Crippen molar-refractivity contribution in [3.8, 4) is 0 Å². The molecule has 108 valence electrons. The third-order valence-corrected chi connectivity index (χ3v) is 3.28. The molecule has 1 N–H and O–H groups in total. The number of piperazine rings is 1. The predicted molar refractivity (Wildman–Crippen MR) is 83.3 cm³/mol. The normalized spacial score (nSPS) is 16.9. The Kier molecular flexibility index (Phi) is 8.62. The Morgan fingerprint density at radius 3 is 2.47 bits per heavy atom. The summed E-state index contributed by atoms with van der Waals surface area (Å²) in [6, 6.07) is 4.75. The van der Waals surface area contributed by atoms with E-state index in [1.54, 1.807) is 18.2 Å². The molecule has 0 amide bonds. The van der Waals surface area contributed by atoms with Gasteiger partial charge in [-0.25, -0.2) is 4.39 Å². The van der Waals surface area contributed by atoms with Crippen molar-refractivity contribution < 1.29 is 4.39 Å². The van der Waals surface area contributed by atoms with Gasteiger partial charge in [-0.2, -0.15) is 0 Å². The molecule has 0 spiro atoms. The first-order valence-electron chi connectivity index (χ1n) is 5.74. The molecule has 2 nitrogen and oxygen atoms in total. The van der Waals surface area contributed by atoms with Gasteiger partial charge in [0, 0.05) is 36.8 Å². The maximum Gasteiger partial charge on any atom is 0.129 e. The van der Waals surface area contributed by atoms with Crippen molar-refractivity contribution in [1.82, 2.24) is 10.2 Å². The predicted octanol–water partition coefficient (Wildman–Crippen LogP) is 3.46. The molecule has 0 unspecified atom stereocenters. The first kappa shape index (κ1) is 18.7.